The topological polar surface area (TPSA) is 60.7 Å². The van der Waals surface area contributed by atoms with Crippen LogP contribution < -0.4 is 0 Å². The van der Waals surface area contributed by atoms with Crippen LogP contribution in [0.5, 0.6) is 0 Å². The Kier molecular flexibility index (Phi) is 11.8. The van der Waals surface area contributed by atoms with Gasteiger partial charge in [0.05, 0.1) is 0 Å². The summed E-state index contributed by atoms with van der Waals surface area (Å²) in [6.45, 7) is 3.09. The van der Waals surface area contributed by atoms with Crippen molar-refractivity contribution in [2.45, 2.75) is 60.0 Å². The molecule has 0 aromatic rings. The standard InChI is InChI=1S/C13H30GeO3/c1-2-3-7-14(8-4-11-15,9-5-12-16)10-6-13-17/h15-17H,2-13H2,1H3. The molecule has 0 saturated heterocycles. The molecule has 0 aliphatic rings. The van der Waals surface area contributed by atoms with Gasteiger partial charge in [-0.2, -0.15) is 0 Å². The van der Waals surface area contributed by atoms with Gasteiger partial charge in [-0.05, 0) is 0 Å². The van der Waals surface area contributed by atoms with Gasteiger partial charge >= 0.3 is 108 Å². The normalized spacial score (nSPS) is 12.0. The van der Waals surface area contributed by atoms with Crippen molar-refractivity contribution in [2.24, 2.45) is 0 Å². The average Bonchev–Trinajstić information content (AvgIpc) is 2.37. The van der Waals surface area contributed by atoms with Gasteiger partial charge in [0.15, 0.2) is 0 Å². The molecule has 0 amide bonds. The Morgan fingerprint density at radius 3 is 1.29 bits per heavy atom. The first-order valence-corrected chi connectivity index (χ1v) is 13.0. The molecular weight excluding hydrogens is 277 g/mol. The predicted molar refractivity (Wildman–Crippen MR) is 75.0 cm³/mol. The molecule has 0 aliphatic carbocycles. The third kappa shape index (κ3) is 8.19. The van der Waals surface area contributed by atoms with Gasteiger partial charge in [0.25, 0.3) is 0 Å². The second kappa shape index (κ2) is 11.5. The van der Waals surface area contributed by atoms with Crippen molar-refractivity contribution in [3.63, 3.8) is 0 Å². The zero-order chi connectivity index (χ0) is 13.0. The molecule has 0 aliphatic heterocycles. The monoisotopic (exact) mass is 308 g/mol. The van der Waals surface area contributed by atoms with E-state index in [1.807, 2.05) is 0 Å². The third-order valence-corrected chi connectivity index (χ3v) is 15.5. The fraction of sp³-hybridized carbons (Fsp3) is 1.00. The summed E-state index contributed by atoms with van der Waals surface area (Å²) in [4.78, 5) is 0. The van der Waals surface area contributed by atoms with Crippen molar-refractivity contribution < 1.29 is 15.3 Å². The Bertz CT molecular complexity index is 127. The first kappa shape index (κ1) is 17.4. The van der Waals surface area contributed by atoms with E-state index in [1.54, 1.807) is 0 Å². The molecule has 0 heterocycles. The number of hydrogen-bond acceptors (Lipinski definition) is 3. The van der Waals surface area contributed by atoms with Crippen LogP contribution in [0.15, 0.2) is 0 Å². The van der Waals surface area contributed by atoms with E-state index in [4.69, 9.17) is 15.3 Å². The van der Waals surface area contributed by atoms with Crippen LogP contribution in [0.1, 0.15) is 39.0 Å². The molecule has 0 bridgehead atoms. The molecule has 3 nitrogen and oxygen atoms in total. The quantitative estimate of drug-likeness (QED) is 0.485. The van der Waals surface area contributed by atoms with E-state index < -0.39 is 13.3 Å². The van der Waals surface area contributed by atoms with Crippen LogP contribution in [0.3, 0.4) is 0 Å². The van der Waals surface area contributed by atoms with Gasteiger partial charge in [-0.1, -0.05) is 0 Å². The van der Waals surface area contributed by atoms with Gasteiger partial charge in [-0.3, -0.25) is 0 Å². The van der Waals surface area contributed by atoms with E-state index in [0.717, 1.165) is 19.3 Å². The van der Waals surface area contributed by atoms with Crippen LogP contribution in [0.25, 0.3) is 0 Å². The Morgan fingerprint density at radius 2 is 1.00 bits per heavy atom. The summed E-state index contributed by atoms with van der Waals surface area (Å²) >= 11 is -1.91. The van der Waals surface area contributed by atoms with Gasteiger partial charge in [0, 0.05) is 0 Å². The van der Waals surface area contributed by atoms with Crippen LogP contribution in [0, 0.1) is 0 Å². The zero-order valence-corrected chi connectivity index (χ0v) is 13.4. The molecule has 0 atom stereocenters. The van der Waals surface area contributed by atoms with E-state index in [-0.39, 0.29) is 19.8 Å². The van der Waals surface area contributed by atoms with Crippen molar-refractivity contribution in [1.29, 1.82) is 0 Å². The van der Waals surface area contributed by atoms with E-state index in [9.17, 15) is 0 Å². The molecule has 0 aromatic heterocycles. The van der Waals surface area contributed by atoms with Crippen molar-refractivity contribution in [2.75, 3.05) is 19.8 Å². The molecular formula is C13H30GeO3. The summed E-state index contributed by atoms with van der Waals surface area (Å²) in [7, 11) is 0. The number of aliphatic hydroxyl groups excluding tert-OH is 3. The minimum absolute atomic E-state index is 0.289. The first-order chi connectivity index (χ1) is 8.24. The molecule has 0 spiro atoms. The Balaban J connectivity index is 4.39. The van der Waals surface area contributed by atoms with Crippen LogP contribution in [-0.4, -0.2) is 48.4 Å². The molecule has 0 saturated carbocycles. The van der Waals surface area contributed by atoms with Gasteiger partial charge in [0.2, 0.25) is 0 Å². The summed E-state index contributed by atoms with van der Waals surface area (Å²) in [6.07, 6.45) is 5.26. The fourth-order valence-corrected chi connectivity index (χ4v) is 13.8. The minimum atomic E-state index is -1.91. The average molecular weight is 307 g/mol. The van der Waals surface area contributed by atoms with E-state index >= 15 is 0 Å². The van der Waals surface area contributed by atoms with Gasteiger partial charge in [-0.15, -0.1) is 0 Å². The van der Waals surface area contributed by atoms with Crippen molar-refractivity contribution >= 4 is 13.3 Å². The van der Waals surface area contributed by atoms with Gasteiger partial charge in [0.1, 0.15) is 0 Å². The Labute approximate surface area is 109 Å². The first-order valence-electron chi connectivity index (χ1n) is 7.07. The van der Waals surface area contributed by atoms with E-state index in [0.29, 0.717) is 0 Å². The maximum absolute atomic E-state index is 9.04. The van der Waals surface area contributed by atoms with Crippen LogP contribution >= 0.6 is 0 Å². The SMILES string of the molecule is CCC[CH2][Ge]([CH2]CCO)([CH2]CCO)[CH2]CCO. The second-order valence-electron chi connectivity index (χ2n) is 5.09. The molecule has 0 rings (SSSR count). The molecule has 0 aromatic carbocycles. The fourth-order valence-electron chi connectivity index (χ4n) is 2.66. The number of unbranched alkanes of at least 4 members (excludes halogenated alkanes) is 1. The molecule has 0 radical (unpaired) electrons. The van der Waals surface area contributed by atoms with Crippen LogP contribution in [0.2, 0.25) is 21.0 Å². The molecule has 3 N–H and O–H groups in total. The summed E-state index contributed by atoms with van der Waals surface area (Å²) in [5.41, 5.74) is 0. The predicted octanol–water partition coefficient (Wildman–Crippen LogP) is 2.38. The second-order valence-corrected chi connectivity index (χ2v) is 15.6. The molecule has 104 valence electrons. The zero-order valence-electron chi connectivity index (χ0n) is 11.3. The van der Waals surface area contributed by atoms with Crippen molar-refractivity contribution in [1.82, 2.24) is 0 Å². The molecule has 0 fully saturated rings. The Morgan fingerprint density at radius 1 is 0.647 bits per heavy atom. The van der Waals surface area contributed by atoms with E-state index in [1.165, 1.54) is 33.9 Å². The van der Waals surface area contributed by atoms with Gasteiger partial charge in [-0.25, -0.2) is 0 Å². The third-order valence-electron chi connectivity index (χ3n) is 3.66. The number of rotatable bonds is 12. The van der Waals surface area contributed by atoms with Crippen molar-refractivity contribution in [3.8, 4) is 0 Å². The molecule has 17 heavy (non-hydrogen) atoms. The summed E-state index contributed by atoms with van der Waals surface area (Å²) in [5, 5.41) is 32.1. The molecule has 0 unspecified atom stereocenters. The molecule has 4 heteroatoms. The summed E-state index contributed by atoms with van der Waals surface area (Å²) in [6, 6.07) is 0. The maximum atomic E-state index is 9.04. The van der Waals surface area contributed by atoms with Gasteiger partial charge < -0.3 is 0 Å². The van der Waals surface area contributed by atoms with Crippen molar-refractivity contribution in [3.05, 3.63) is 0 Å². The van der Waals surface area contributed by atoms with Crippen LogP contribution in [0.4, 0.5) is 0 Å². The number of aliphatic hydroxyl groups is 3. The van der Waals surface area contributed by atoms with Crippen LogP contribution in [-0.2, 0) is 0 Å². The summed E-state index contributed by atoms with van der Waals surface area (Å²) < 4.78 is 0. The van der Waals surface area contributed by atoms with E-state index in [2.05, 4.69) is 6.92 Å². The number of hydrogen-bond donors (Lipinski definition) is 3. The Hall–Kier alpha value is 0.423. The summed E-state index contributed by atoms with van der Waals surface area (Å²) in [5.74, 6) is 0.